The van der Waals surface area contributed by atoms with Gasteiger partial charge >= 0.3 is 16.3 Å². The average Bonchev–Trinajstić information content (AvgIpc) is 1.73. The highest BCUT2D eigenvalue weighted by molar-refractivity contribution is 7.88. The Labute approximate surface area is 93.5 Å². The van der Waals surface area contributed by atoms with Crippen LogP contribution in [0.1, 0.15) is 37.5 Å². The lowest BCUT2D eigenvalue weighted by Gasteiger charge is -2.20. The summed E-state index contributed by atoms with van der Waals surface area (Å²) < 4.78 is 31.2. The molecular weight excluding hydrogens is 220 g/mol. The van der Waals surface area contributed by atoms with E-state index < -0.39 is 21.9 Å². The highest BCUT2D eigenvalue weighted by Gasteiger charge is 2.21. The summed E-state index contributed by atoms with van der Waals surface area (Å²) in [5.74, 6) is 0. The Morgan fingerprint density at radius 3 is 2.13 bits per heavy atom. The smallest absolute Gasteiger partial charge is 0.422 e. The molecule has 7 heteroatoms. The van der Waals surface area contributed by atoms with Crippen molar-refractivity contribution in [2.75, 3.05) is 0 Å². The van der Waals surface area contributed by atoms with Gasteiger partial charge in [0.1, 0.15) is 5.60 Å². The molecule has 6 nitrogen and oxygen atoms in total. The van der Waals surface area contributed by atoms with Crippen LogP contribution in [0.25, 0.3) is 0 Å². The number of amides is 1. The number of hydrogen-bond donors (Lipinski definition) is 2. The van der Waals surface area contributed by atoms with Crippen molar-refractivity contribution >= 4 is 16.3 Å². The molecule has 0 spiro atoms. The summed E-state index contributed by atoms with van der Waals surface area (Å²) in [6.07, 6.45) is -0.990. The molecule has 94 valence electrons. The summed E-state index contributed by atoms with van der Waals surface area (Å²) >= 11 is 0. The number of carbonyl (C=O) groups excluding carboxylic acids is 1. The van der Waals surface area contributed by atoms with E-state index in [4.69, 9.17) is 4.74 Å². The number of hydrogen-bond acceptors (Lipinski definition) is 4. The van der Waals surface area contributed by atoms with Gasteiger partial charge in [0.2, 0.25) is 0 Å². The molecule has 0 fully saturated rings. The molecule has 0 radical (unpaired) electrons. The van der Waals surface area contributed by atoms with Crippen LogP contribution < -0.4 is 9.44 Å². The highest BCUT2D eigenvalue weighted by Crippen LogP contribution is 2.06. The Bertz CT molecular complexity index is 325. The van der Waals surface area contributed by atoms with Gasteiger partial charge in [-0.05, 0) is 34.6 Å². The first-order chi connectivity index (χ1) is 6.52. The second-order valence-electron chi connectivity index (χ2n) is 4.38. The van der Waals surface area contributed by atoms with Crippen molar-refractivity contribution in [2.45, 2.75) is 46.3 Å². The van der Waals surface area contributed by atoms with E-state index in [0.29, 0.717) is 0 Å². The summed E-state index contributed by atoms with van der Waals surface area (Å²) in [6, 6.07) is -0.287. The molecule has 0 aliphatic carbocycles. The summed E-state index contributed by atoms with van der Waals surface area (Å²) in [7, 11) is -3.83. The molecule has 0 saturated heterocycles. The first-order valence-electron chi connectivity index (χ1n) is 4.55. The highest BCUT2D eigenvalue weighted by atomic mass is 32.2. The van der Waals surface area contributed by atoms with E-state index in [0.717, 1.165) is 0 Å². The SMILES string of the molecule is CC(C)NS(=O)(=O)NC(=O)OC(C)(C)C.[HH].[HH]. The van der Waals surface area contributed by atoms with Crippen LogP contribution in [-0.4, -0.2) is 26.2 Å². The molecule has 0 atom stereocenters. The molecule has 0 aliphatic rings. The van der Waals surface area contributed by atoms with Gasteiger partial charge in [0.15, 0.2) is 0 Å². The maximum Gasteiger partial charge on any atom is 0.422 e. The van der Waals surface area contributed by atoms with E-state index in [1.807, 2.05) is 0 Å². The van der Waals surface area contributed by atoms with Crippen LogP contribution >= 0.6 is 0 Å². The van der Waals surface area contributed by atoms with Gasteiger partial charge in [-0.2, -0.15) is 13.1 Å². The van der Waals surface area contributed by atoms with Crippen LogP contribution in [0.15, 0.2) is 0 Å². The number of ether oxygens (including phenoxy) is 1. The molecule has 0 saturated carbocycles. The molecule has 0 aromatic rings. The third kappa shape index (κ3) is 8.19. The molecule has 1 amide bonds. The van der Waals surface area contributed by atoms with Gasteiger partial charge in [-0.15, -0.1) is 0 Å². The van der Waals surface area contributed by atoms with Crippen molar-refractivity contribution in [2.24, 2.45) is 0 Å². The Hall–Kier alpha value is -0.820. The third-order valence-corrected chi connectivity index (χ3v) is 2.22. The topological polar surface area (TPSA) is 84.5 Å². The van der Waals surface area contributed by atoms with E-state index >= 15 is 0 Å². The molecule has 0 aromatic carbocycles. The van der Waals surface area contributed by atoms with Crippen LogP contribution in [0.4, 0.5) is 4.79 Å². The van der Waals surface area contributed by atoms with Crippen LogP contribution in [-0.2, 0) is 14.9 Å². The predicted molar refractivity (Wildman–Crippen MR) is 60.8 cm³/mol. The van der Waals surface area contributed by atoms with E-state index in [9.17, 15) is 13.2 Å². The maximum absolute atomic E-state index is 11.2. The average molecular weight is 242 g/mol. The summed E-state index contributed by atoms with van der Waals surface area (Å²) in [5, 5.41) is 0. The molecular formula is C8H22N2O4S. The normalized spacial score (nSPS) is 12.7. The Kier molecular flexibility index (Phi) is 4.54. The van der Waals surface area contributed by atoms with Crippen molar-refractivity contribution in [1.29, 1.82) is 0 Å². The second kappa shape index (κ2) is 4.80. The lowest BCUT2D eigenvalue weighted by Crippen LogP contribution is -2.45. The van der Waals surface area contributed by atoms with Gasteiger partial charge < -0.3 is 4.74 Å². The fraction of sp³-hybridized carbons (Fsp3) is 0.875. The Morgan fingerprint density at radius 2 is 1.80 bits per heavy atom. The van der Waals surface area contributed by atoms with Gasteiger partial charge in [0.05, 0.1) is 0 Å². The second-order valence-corrected chi connectivity index (χ2v) is 5.83. The van der Waals surface area contributed by atoms with Gasteiger partial charge in [-0.1, -0.05) is 0 Å². The van der Waals surface area contributed by atoms with Gasteiger partial charge in [0, 0.05) is 8.90 Å². The van der Waals surface area contributed by atoms with Crippen molar-refractivity contribution in [3.63, 3.8) is 0 Å². The summed E-state index contributed by atoms with van der Waals surface area (Å²) in [5.41, 5.74) is -0.725. The fourth-order valence-corrected chi connectivity index (χ4v) is 1.69. The minimum Gasteiger partial charge on any atom is -0.443 e. The van der Waals surface area contributed by atoms with Gasteiger partial charge in [-0.3, -0.25) is 0 Å². The number of rotatable bonds is 3. The third-order valence-electron chi connectivity index (χ3n) is 1.01. The zero-order chi connectivity index (χ0) is 12.3. The first-order valence-corrected chi connectivity index (χ1v) is 6.03. The van der Waals surface area contributed by atoms with Crippen LogP contribution in [0, 0.1) is 0 Å². The molecule has 0 aliphatic heterocycles. The van der Waals surface area contributed by atoms with Crippen molar-refractivity contribution in [3.05, 3.63) is 0 Å². The maximum atomic E-state index is 11.2. The zero-order valence-corrected chi connectivity index (χ0v) is 10.4. The minimum atomic E-state index is -3.83. The van der Waals surface area contributed by atoms with Gasteiger partial charge in [-0.25, -0.2) is 9.52 Å². The van der Waals surface area contributed by atoms with Crippen molar-refractivity contribution < 1.29 is 20.8 Å². The number of carbonyl (C=O) groups is 1. The Balaban J connectivity index is -0.000000980. The first kappa shape index (κ1) is 14.2. The van der Waals surface area contributed by atoms with E-state index in [1.54, 1.807) is 39.3 Å². The number of nitrogens with one attached hydrogen (secondary N) is 2. The summed E-state index contributed by atoms with van der Waals surface area (Å²) in [4.78, 5) is 11.1. The molecule has 2 N–H and O–H groups in total. The monoisotopic (exact) mass is 242 g/mol. The largest absolute Gasteiger partial charge is 0.443 e. The van der Waals surface area contributed by atoms with Crippen molar-refractivity contribution in [1.82, 2.24) is 9.44 Å². The van der Waals surface area contributed by atoms with Gasteiger partial charge in [0.25, 0.3) is 0 Å². The predicted octanol–water partition coefficient (Wildman–Crippen LogP) is 1.25. The Morgan fingerprint density at radius 1 is 1.33 bits per heavy atom. The summed E-state index contributed by atoms with van der Waals surface area (Å²) in [6.45, 7) is 8.24. The molecule has 0 bridgehead atoms. The van der Waals surface area contributed by atoms with Crippen molar-refractivity contribution in [3.8, 4) is 0 Å². The van der Waals surface area contributed by atoms with Crippen LogP contribution in [0.2, 0.25) is 0 Å². The zero-order valence-electron chi connectivity index (χ0n) is 9.62. The lowest BCUT2D eigenvalue weighted by atomic mass is 10.2. The fourth-order valence-electron chi connectivity index (χ4n) is 0.748. The van der Waals surface area contributed by atoms with E-state index in [2.05, 4.69) is 4.72 Å². The van der Waals surface area contributed by atoms with E-state index in [-0.39, 0.29) is 8.90 Å². The molecule has 15 heavy (non-hydrogen) atoms. The molecule has 0 rings (SSSR count). The quantitative estimate of drug-likeness (QED) is 0.780. The van der Waals surface area contributed by atoms with E-state index in [1.165, 1.54) is 0 Å². The lowest BCUT2D eigenvalue weighted by molar-refractivity contribution is 0.0569. The minimum absolute atomic E-state index is 0. The van der Waals surface area contributed by atoms with Crippen LogP contribution in [0.5, 0.6) is 0 Å². The molecule has 0 aromatic heterocycles. The van der Waals surface area contributed by atoms with Crippen LogP contribution in [0.3, 0.4) is 0 Å². The standard InChI is InChI=1S/C8H18N2O4S.2H2/c1-6(2)9-15(12,13)10-7(11)14-8(3,4)5;;/h6,9H,1-5H3,(H,10,11);2*1H. The molecule has 0 heterocycles. The molecule has 0 unspecified atom stereocenters.